The molecule has 4 aromatic rings. The van der Waals surface area contributed by atoms with Gasteiger partial charge in [0.15, 0.2) is 11.6 Å². The summed E-state index contributed by atoms with van der Waals surface area (Å²) in [6, 6.07) is 18.0. The van der Waals surface area contributed by atoms with Gasteiger partial charge in [0.25, 0.3) is 5.91 Å². The van der Waals surface area contributed by atoms with Gasteiger partial charge in [0, 0.05) is 11.8 Å². The number of aryl methyl sites for hydroxylation is 1. The molecular formula is C23H18BrCl2N3O3. The topological polar surface area (TPSA) is 69.3 Å². The molecule has 2 aromatic heterocycles. The summed E-state index contributed by atoms with van der Waals surface area (Å²) >= 11 is 15.5. The zero-order valence-corrected chi connectivity index (χ0v) is 20.0. The van der Waals surface area contributed by atoms with Crippen molar-refractivity contribution in [3.63, 3.8) is 0 Å². The molecule has 0 aliphatic heterocycles. The third kappa shape index (κ3) is 5.35. The molecule has 9 heteroatoms. The smallest absolute Gasteiger partial charge is 0.292 e. The standard InChI is InChI=1S/C23H18BrCl2N3O3/c1-14-10-22(28-29(14)12-15-6-8-18(25)19(26)11-15)27-23(30)21-9-7-16(32-21)13-31-20-5-3-2-4-17(20)24/h2-11H,12-13H2,1H3,(H,27,28,30). The van der Waals surface area contributed by atoms with Crippen molar-refractivity contribution in [1.82, 2.24) is 9.78 Å². The summed E-state index contributed by atoms with van der Waals surface area (Å²) in [7, 11) is 0. The average Bonchev–Trinajstić information content (AvgIpc) is 3.37. The molecule has 0 saturated carbocycles. The molecule has 2 aromatic carbocycles. The Morgan fingerprint density at radius 1 is 1.12 bits per heavy atom. The Balaban J connectivity index is 1.38. The lowest BCUT2D eigenvalue weighted by atomic mass is 10.2. The number of carbonyl (C=O) groups is 1. The Morgan fingerprint density at radius 3 is 2.72 bits per heavy atom. The van der Waals surface area contributed by atoms with Crippen LogP contribution in [0.25, 0.3) is 0 Å². The minimum atomic E-state index is -0.392. The highest BCUT2D eigenvalue weighted by Gasteiger charge is 2.15. The molecule has 0 saturated heterocycles. The number of furan rings is 1. The van der Waals surface area contributed by atoms with E-state index in [4.69, 9.17) is 32.4 Å². The number of hydrogen-bond donors (Lipinski definition) is 1. The number of benzene rings is 2. The number of amides is 1. The van der Waals surface area contributed by atoms with Gasteiger partial charge in [-0.3, -0.25) is 9.48 Å². The summed E-state index contributed by atoms with van der Waals surface area (Å²) in [5.41, 5.74) is 1.83. The molecule has 1 amide bonds. The van der Waals surface area contributed by atoms with E-state index in [9.17, 15) is 4.79 Å². The number of anilines is 1. The number of para-hydroxylation sites is 1. The predicted molar refractivity (Wildman–Crippen MR) is 128 cm³/mol. The van der Waals surface area contributed by atoms with Gasteiger partial charge in [-0.05, 0) is 64.8 Å². The van der Waals surface area contributed by atoms with Gasteiger partial charge >= 0.3 is 0 Å². The molecule has 0 bridgehead atoms. The molecule has 2 heterocycles. The van der Waals surface area contributed by atoms with E-state index in [1.807, 2.05) is 37.3 Å². The molecule has 1 N–H and O–H groups in total. The molecule has 0 radical (unpaired) electrons. The van der Waals surface area contributed by atoms with Gasteiger partial charge in [-0.15, -0.1) is 0 Å². The van der Waals surface area contributed by atoms with Gasteiger partial charge in [-0.1, -0.05) is 41.4 Å². The molecule has 164 valence electrons. The maximum atomic E-state index is 12.6. The van der Waals surface area contributed by atoms with Crippen LogP contribution >= 0.6 is 39.1 Å². The molecule has 0 atom stereocenters. The predicted octanol–water partition coefficient (Wildman–Crippen LogP) is 6.73. The normalized spacial score (nSPS) is 10.9. The highest BCUT2D eigenvalue weighted by Crippen LogP contribution is 2.25. The van der Waals surface area contributed by atoms with E-state index < -0.39 is 5.91 Å². The van der Waals surface area contributed by atoms with Crippen LogP contribution in [0.4, 0.5) is 5.82 Å². The Morgan fingerprint density at radius 2 is 1.94 bits per heavy atom. The molecule has 0 unspecified atom stereocenters. The zero-order chi connectivity index (χ0) is 22.7. The minimum Gasteiger partial charge on any atom is -0.484 e. The molecule has 0 fully saturated rings. The van der Waals surface area contributed by atoms with E-state index in [1.165, 1.54) is 0 Å². The number of nitrogens with zero attached hydrogens (tertiary/aromatic N) is 2. The molecule has 32 heavy (non-hydrogen) atoms. The molecule has 4 rings (SSSR count). The lowest BCUT2D eigenvalue weighted by Crippen LogP contribution is -2.12. The zero-order valence-electron chi connectivity index (χ0n) is 16.9. The number of carbonyl (C=O) groups excluding carboxylic acids is 1. The van der Waals surface area contributed by atoms with Crippen molar-refractivity contribution in [3.05, 3.63) is 98.0 Å². The van der Waals surface area contributed by atoms with Crippen LogP contribution in [0.2, 0.25) is 10.0 Å². The quantitative estimate of drug-likeness (QED) is 0.285. The number of halogens is 3. The Kier molecular flexibility index (Phi) is 6.89. The summed E-state index contributed by atoms with van der Waals surface area (Å²) in [5.74, 6) is 1.43. The molecule has 0 aliphatic rings. The van der Waals surface area contributed by atoms with Gasteiger partial charge in [0.2, 0.25) is 0 Å². The van der Waals surface area contributed by atoms with Gasteiger partial charge in [-0.2, -0.15) is 5.10 Å². The number of nitrogens with one attached hydrogen (secondary N) is 1. The van der Waals surface area contributed by atoms with Crippen LogP contribution in [0.5, 0.6) is 5.75 Å². The molecule has 0 aliphatic carbocycles. The number of aromatic nitrogens is 2. The largest absolute Gasteiger partial charge is 0.484 e. The van der Waals surface area contributed by atoms with Crippen LogP contribution < -0.4 is 10.1 Å². The van der Waals surface area contributed by atoms with Crippen molar-refractivity contribution in [2.75, 3.05) is 5.32 Å². The van der Waals surface area contributed by atoms with Crippen molar-refractivity contribution in [2.24, 2.45) is 0 Å². The summed E-state index contributed by atoms with van der Waals surface area (Å²) in [5, 5.41) is 8.20. The first kappa shape index (κ1) is 22.5. The first-order chi connectivity index (χ1) is 15.4. The number of hydrogen-bond acceptors (Lipinski definition) is 4. The summed E-state index contributed by atoms with van der Waals surface area (Å²) in [4.78, 5) is 12.6. The van der Waals surface area contributed by atoms with Gasteiger partial charge in [-0.25, -0.2) is 0 Å². The van der Waals surface area contributed by atoms with Crippen LogP contribution in [0.3, 0.4) is 0 Å². The first-order valence-electron chi connectivity index (χ1n) is 9.65. The molecule has 6 nitrogen and oxygen atoms in total. The summed E-state index contributed by atoms with van der Waals surface area (Å²) in [6.07, 6.45) is 0. The lowest BCUT2D eigenvalue weighted by molar-refractivity contribution is 0.0992. The van der Waals surface area contributed by atoms with E-state index in [2.05, 4.69) is 26.3 Å². The molecular weight excluding hydrogens is 517 g/mol. The van der Waals surface area contributed by atoms with Crippen LogP contribution in [-0.4, -0.2) is 15.7 Å². The van der Waals surface area contributed by atoms with Crippen molar-refractivity contribution < 1.29 is 13.9 Å². The number of ether oxygens (including phenoxy) is 1. The van der Waals surface area contributed by atoms with Gasteiger partial charge in [0.1, 0.15) is 18.1 Å². The lowest BCUT2D eigenvalue weighted by Gasteiger charge is -2.06. The fourth-order valence-electron chi connectivity index (χ4n) is 3.01. The number of rotatable bonds is 7. The maximum absolute atomic E-state index is 12.6. The van der Waals surface area contributed by atoms with E-state index in [1.54, 1.807) is 35.0 Å². The summed E-state index contributed by atoms with van der Waals surface area (Å²) in [6.45, 7) is 2.60. The monoisotopic (exact) mass is 533 g/mol. The van der Waals surface area contributed by atoms with Crippen LogP contribution in [0, 0.1) is 6.92 Å². The third-order valence-electron chi connectivity index (χ3n) is 4.63. The van der Waals surface area contributed by atoms with Crippen molar-refractivity contribution in [3.8, 4) is 5.75 Å². The summed E-state index contributed by atoms with van der Waals surface area (Å²) < 4.78 is 14.0. The highest BCUT2D eigenvalue weighted by molar-refractivity contribution is 9.10. The van der Waals surface area contributed by atoms with Crippen molar-refractivity contribution >= 4 is 50.9 Å². The van der Waals surface area contributed by atoms with Gasteiger partial charge in [0.05, 0.1) is 21.1 Å². The second kappa shape index (κ2) is 9.81. The fraction of sp³-hybridized carbons (Fsp3) is 0.130. The fourth-order valence-corrected chi connectivity index (χ4v) is 3.73. The Bertz CT molecular complexity index is 1270. The van der Waals surface area contributed by atoms with Gasteiger partial charge < -0.3 is 14.5 Å². The van der Waals surface area contributed by atoms with Crippen molar-refractivity contribution in [1.29, 1.82) is 0 Å². The van der Waals surface area contributed by atoms with E-state index in [-0.39, 0.29) is 12.4 Å². The van der Waals surface area contributed by atoms with E-state index >= 15 is 0 Å². The Labute approximate surface area is 203 Å². The molecule has 0 spiro atoms. The van der Waals surface area contributed by atoms with Crippen LogP contribution in [0.15, 0.2) is 69.6 Å². The van der Waals surface area contributed by atoms with E-state index in [0.717, 1.165) is 15.7 Å². The SMILES string of the molecule is Cc1cc(NC(=O)c2ccc(COc3ccccc3Br)o2)nn1Cc1ccc(Cl)c(Cl)c1. The van der Waals surface area contributed by atoms with E-state index in [0.29, 0.717) is 33.9 Å². The third-order valence-corrected chi connectivity index (χ3v) is 6.03. The first-order valence-corrected chi connectivity index (χ1v) is 11.2. The van der Waals surface area contributed by atoms with Crippen LogP contribution in [-0.2, 0) is 13.2 Å². The maximum Gasteiger partial charge on any atom is 0.292 e. The highest BCUT2D eigenvalue weighted by atomic mass is 79.9. The van der Waals surface area contributed by atoms with Crippen LogP contribution in [0.1, 0.15) is 27.6 Å². The minimum absolute atomic E-state index is 0.174. The second-order valence-electron chi connectivity index (χ2n) is 7.02. The Hall–Kier alpha value is -2.74. The average molecular weight is 535 g/mol. The second-order valence-corrected chi connectivity index (χ2v) is 8.68. The van der Waals surface area contributed by atoms with Crippen molar-refractivity contribution in [2.45, 2.75) is 20.1 Å².